The second kappa shape index (κ2) is 7.74. The highest BCUT2D eigenvalue weighted by Crippen LogP contribution is 2.20. The van der Waals surface area contributed by atoms with Crippen LogP contribution in [0.5, 0.6) is 0 Å². The van der Waals surface area contributed by atoms with Crippen LogP contribution in [0.1, 0.15) is 11.3 Å². The van der Waals surface area contributed by atoms with Crippen LogP contribution in [0.2, 0.25) is 0 Å². The molecule has 1 aliphatic heterocycles. The molecule has 0 radical (unpaired) electrons. The number of rotatable bonds is 3. The third kappa shape index (κ3) is 4.42. The van der Waals surface area contributed by atoms with Crippen molar-refractivity contribution in [2.45, 2.75) is 13.5 Å². The van der Waals surface area contributed by atoms with Crippen LogP contribution >= 0.6 is 0 Å². The molecule has 0 unspecified atom stereocenters. The van der Waals surface area contributed by atoms with E-state index in [1.54, 1.807) is 23.2 Å². The average molecular weight is 361 g/mol. The van der Waals surface area contributed by atoms with Crippen molar-refractivity contribution in [3.63, 3.8) is 0 Å². The van der Waals surface area contributed by atoms with Crippen molar-refractivity contribution in [1.29, 1.82) is 0 Å². The lowest BCUT2D eigenvalue weighted by molar-refractivity contribution is 0.209. The van der Waals surface area contributed by atoms with Crippen molar-refractivity contribution in [3.8, 4) is 0 Å². The normalized spacial score (nSPS) is 15.2. The van der Waals surface area contributed by atoms with Crippen LogP contribution in [0.4, 0.5) is 14.9 Å². The molecular weight excluding hydrogens is 341 g/mol. The highest BCUT2D eigenvalue weighted by atomic mass is 32.2. The number of hydrogen-bond donors (Lipinski definition) is 0. The molecule has 0 saturated carbocycles. The number of nitrogens with zero attached hydrogens (tertiary/aromatic N) is 3. The number of urea groups is 1. The van der Waals surface area contributed by atoms with Gasteiger partial charge in [0, 0.05) is 47.3 Å². The zero-order valence-electron chi connectivity index (χ0n) is 14.0. The van der Waals surface area contributed by atoms with Crippen molar-refractivity contribution in [2.24, 2.45) is 0 Å². The van der Waals surface area contributed by atoms with Crippen molar-refractivity contribution in [2.75, 3.05) is 29.5 Å². The van der Waals surface area contributed by atoms with E-state index in [-0.39, 0.29) is 12.6 Å². The van der Waals surface area contributed by atoms with Gasteiger partial charge in [0.1, 0.15) is 5.82 Å². The Labute approximate surface area is 148 Å². The van der Waals surface area contributed by atoms with Gasteiger partial charge in [0.2, 0.25) is 0 Å². The minimum Gasteiger partial charge on any atom is -0.323 e. The summed E-state index contributed by atoms with van der Waals surface area (Å²) in [6.07, 6.45) is 1.74. The zero-order chi connectivity index (χ0) is 17.8. The topological polar surface area (TPSA) is 53.5 Å². The fraction of sp³-hybridized carbons (Fsp3) is 0.333. The second-order valence-corrected chi connectivity index (χ2v) is 7.71. The summed E-state index contributed by atoms with van der Waals surface area (Å²) in [5, 5.41) is 0. The van der Waals surface area contributed by atoms with E-state index >= 15 is 0 Å². The highest BCUT2D eigenvalue weighted by Gasteiger charge is 2.26. The van der Waals surface area contributed by atoms with Gasteiger partial charge < -0.3 is 4.90 Å². The first-order valence-electron chi connectivity index (χ1n) is 8.11. The minimum atomic E-state index is -0.864. The summed E-state index contributed by atoms with van der Waals surface area (Å²) >= 11 is 0. The standard InChI is InChI=1S/C18H20FN3O2S/c1-14-5-6-16(20-12-14)13-22(17-4-2-3-15(19)11-17)18(23)21-7-9-25(24)10-8-21/h2-6,11-12H,7-10,13H2,1H3. The van der Waals surface area contributed by atoms with E-state index in [4.69, 9.17) is 0 Å². The molecule has 3 rings (SSSR count). The molecule has 2 aromatic rings. The van der Waals surface area contributed by atoms with E-state index in [9.17, 15) is 13.4 Å². The molecule has 2 heterocycles. The molecule has 5 nitrogen and oxygen atoms in total. The Morgan fingerprint density at radius 2 is 2.04 bits per heavy atom. The van der Waals surface area contributed by atoms with E-state index in [2.05, 4.69) is 4.98 Å². The van der Waals surface area contributed by atoms with Gasteiger partial charge in [-0.05, 0) is 36.8 Å². The van der Waals surface area contributed by atoms with Gasteiger partial charge in [0.25, 0.3) is 0 Å². The molecule has 1 aromatic carbocycles. The van der Waals surface area contributed by atoms with E-state index < -0.39 is 16.6 Å². The fourth-order valence-electron chi connectivity index (χ4n) is 2.67. The summed E-state index contributed by atoms with van der Waals surface area (Å²) in [5.74, 6) is 0.559. The van der Waals surface area contributed by atoms with Crippen molar-refractivity contribution in [1.82, 2.24) is 9.88 Å². The Balaban J connectivity index is 1.86. The molecule has 0 atom stereocenters. The first kappa shape index (κ1) is 17.5. The van der Waals surface area contributed by atoms with Crippen molar-refractivity contribution >= 4 is 22.5 Å². The summed E-state index contributed by atoms with van der Waals surface area (Å²) in [6.45, 7) is 3.08. The van der Waals surface area contributed by atoms with Gasteiger partial charge >= 0.3 is 6.03 Å². The van der Waals surface area contributed by atoms with Gasteiger partial charge in [0.15, 0.2) is 0 Å². The summed E-state index contributed by atoms with van der Waals surface area (Å²) < 4.78 is 25.2. The maximum atomic E-state index is 13.7. The summed E-state index contributed by atoms with van der Waals surface area (Å²) in [6, 6.07) is 9.55. The molecule has 0 N–H and O–H groups in total. The quantitative estimate of drug-likeness (QED) is 0.845. The average Bonchev–Trinajstić information content (AvgIpc) is 2.61. The predicted molar refractivity (Wildman–Crippen MR) is 96.4 cm³/mol. The smallest absolute Gasteiger partial charge is 0.323 e. The molecule has 132 valence electrons. The summed E-state index contributed by atoms with van der Waals surface area (Å²) in [5.41, 5.74) is 2.24. The van der Waals surface area contributed by atoms with E-state index in [1.807, 2.05) is 19.1 Å². The Morgan fingerprint density at radius 3 is 2.68 bits per heavy atom. The van der Waals surface area contributed by atoms with Crippen LogP contribution < -0.4 is 4.90 Å². The molecule has 1 aromatic heterocycles. The number of anilines is 1. The second-order valence-electron chi connectivity index (χ2n) is 6.01. The summed E-state index contributed by atoms with van der Waals surface area (Å²) in [4.78, 5) is 20.5. The van der Waals surface area contributed by atoms with Crippen LogP contribution in [-0.2, 0) is 17.3 Å². The Kier molecular flexibility index (Phi) is 5.43. The summed E-state index contributed by atoms with van der Waals surface area (Å²) in [7, 11) is -0.864. The van der Waals surface area contributed by atoms with Gasteiger partial charge in [-0.1, -0.05) is 12.1 Å². The lowest BCUT2D eigenvalue weighted by atomic mass is 10.2. The van der Waals surface area contributed by atoms with Crippen LogP contribution in [-0.4, -0.2) is 44.7 Å². The molecule has 7 heteroatoms. The fourth-order valence-corrected chi connectivity index (χ4v) is 3.72. The Bertz CT molecular complexity index is 772. The molecule has 1 aliphatic rings. The number of amides is 2. The van der Waals surface area contributed by atoms with Crippen molar-refractivity contribution < 1.29 is 13.4 Å². The molecule has 0 aliphatic carbocycles. The maximum Gasteiger partial charge on any atom is 0.324 e. The molecule has 0 spiro atoms. The van der Waals surface area contributed by atoms with Crippen LogP contribution in [0.3, 0.4) is 0 Å². The van der Waals surface area contributed by atoms with E-state index in [0.717, 1.165) is 11.3 Å². The number of halogens is 1. The molecular formula is C18H20FN3O2S. The third-order valence-electron chi connectivity index (χ3n) is 4.09. The van der Waals surface area contributed by atoms with Crippen LogP contribution in [0, 0.1) is 12.7 Å². The number of carbonyl (C=O) groups is 1. The molecule has 1 saturated heterocycles. The monoisotopic (exact) mass is 361 g/mol. The van der Waals surface area contributed by atoms with Gasteiger partial charge in [-0.25, -0.2) is 9.18 Å². The van der Waals surface area contributed by atoms with Crippen molar-refractivity contribution in [3.05, 3.63) is 59.7 Å². The largest absolute Gasteiger partial charge is 0.324 e. The van der Waals surface area contributed by atoms with Crippen LogP contribution in [0.15, 0.2) is 42.6 Å². The highest BCUT2D eigenvalue weighted by molar-refractivity contribution is 7.85. The van der Waals surface area contributed by atoms with Gasteiger partial charge in [0.05, 0.1) is 12.2 Å². The number of hydrogen-bond acceptors (Lipinski definition) is 3. The molecule has 1 fully saturated rings. The number of aryl methyl sites for hydroxylation is 1. The minimum absolute atomic E-state index is 0.218. The molecule has 2 amide bonds. The zero-order valence-corrected chi connectivity index (χ0v) is 14.8. The number of carbonyl (C=O) groups excluding carboxylic acids is 1. The lowest BCUT2D eigenvalue weighted by Gasteiger charge is -2.32. The van der Waals surface area contributed by atoms with Gasteiger partial charge in [-0.15, -0.1) is 0 Å². The van der Waals surface area contributed by atoms with Gasteiger partial charge in [-0.3, -0.25) is 14.1 Å². The number of benzene rings is 1. The number of aromatic nitrogens is 1. The lowest BCUT2D eigenvalue weighted by Crippen LogP contribution is -2.48. The first-order valence-corrected chi connectivity index (χ1v) is 9.60. The Morgan fingerprint density at radius 1 is 1.28 bits per heavy atom. The molecule has 0 bridgehead atoms. The maximum absolute atomic E-state index is 13.7. The molecule has 25 heavy (non-hydrogen) atoms. The number of pyridine rings is 1. The SMILES string of the molecule is Cc1ccc(CN(C(=O)N2CCS(=O)CC2)c2cccc(F)c2)nc1. The van der Waals surface area contributed by atoms with E-state index in [0.29, 0.717) is 30.3 Å². The van der Waals surface area contributed by atoms with Gasteiger partial charge in [-0.2, -0.15) is 0 Å². The predicted octanol–water partition coefficient (Wildman–Crippen LogP) is 2.72. The first-order chi connectivity index (χ1) is 12.0. The van der Waals surface area contributed by atoms with E-state index in [1.165, 1.54) is 17.0 Å². The third-order valence-corrected chi connectivity index (χ3v) is 5.37. The van der Waals surface area contributed by atoms with Crippen LogP contribution in [0.25, 0.3) is 0 Å². The Hall–Kier alpha value is -2.28.